The van der Waals surface area contributed by atoms with Crippen LogP contribution in [0.5, 0.6) is 5.75 Å². The highest BCUT2D eigenvalue weighted by Crippen LogP contribution is 2.24. The van der Waals surface area contributed by atoms with Gasteiger partial charge in [-0.1, -0.05) is 0 Å². The Bertz CT molecular complexity index is 547. The third kappa shape index (κ3) is 3.56. The maximum absolute atomic E-state index is 11.9. The maximum atomic E-state index is 11.9. The number of benzene rings is 1. The Morgan fingerprint density at radius 3 is 2.76 bits per heavy atom. The summed E-state index contributed by atoms with van der Waals surface area (Å²) in [5.41, 5.74) is 6.83. The SMILES string of the molecule is COc1ccc(NC(=O)CCN2CCN(C)C2=O)c(N)c1. The van der Waals surface area contributed by atoms with Gasteiger partial charge in [0.2, 0.25) is 5.91 Å². The minimum atomic E-state index is -0.172. The smallest absolute Gasteiger partial charge is 0.319 e. The van der Waals surface area contributed by atoms with Gasteiger partial charge in [-0.3, -0.25) is 4.79 Å². The zero-order chi connectivity index (χ0) is 15.4. The zero-order valence-corrected chi connectivity index (χ0v) is 12.3. The molecule has 7 nitrogen and oxygen atoms in total. The average molecular weight is 292 g/mol. The number of amides is 3. The third-order valence-electron chi connectivity index (χ3n) is 3.44. The first kappa shape index (κ1) is 15.0. The molecular formula is C14H20N4O3. The molecule has 1 aromatic carbocycles. The van der Waals surface area contributed by atoms with Crippen LogP contribution >= 0.6 is 0 Å². The lowest BCUT2D eigenvalue weighted by Gasteiger charge is -2.16. The van der Waals surface area contributed by atoms with Crippen LogP contribution in [0.2, 0.25) is 0 Å². The summed E-state index contributed by atoms with van der Waals surface area (Å²) < 4.78 is 5.05. The molecule has 0 aromatic heterocycles. The van der Waals surface area contributed by atoms with Crippen molar-refractivity contribution < 1.29 is 14.3 Å². The summed E-state index contributed by atoms with van der Waals surface area (Å²) in [5, 5.41) is 2.74. The second kappa shape index (κ2) is 6.34. The van der Waals surface area contributed by atoms with Gasteiger partial charge in [0.25, 0.3) is 0 Å². The number of carbonyl (C=O) groups is 2. The Kier molecular flexibility index (Phi) is 4.52. The zero-order valence-electron chi connectivity index (χ0n) is 12.3. The van der Waals surface area contributed by atoms with Gasteiger partial charge in [0.05, 0.1) is 18.5 Å². The number of rotatable bonds is 5. The van der Waals surface area contributed by atoms with Crippen LogP contribution < -0.4 is 15.8 Å². The van der Waals surface area contributed by atoms with Gasteiger partial charge in [-0.2, -0.15) is 0 Å². The Hall–Kier alpha value is -2.44. The van der Waals surface area contributed by atoms with Crippen molar-refractivity contribution in [3.05, 3.63) is 18.2 Å². The van der Waals surface area contributed by atoms with Gasteiger partial charge in [-0.25, -0.2) is 4.79 Å². The second-order valence-corrected chi connectivity index (χ2v) is 4.94. The molecule has 3 N–H and O–H groups in total. The Morgan fingerprint density at radius 1 is 1.43 bits per heavy atom. The summed E-state index contributed by atoms with van der Waals surface area (Å²) >= 11 is 0. The Labute approximate surface area is 123 Å². The van der Waals surface area contributed by atoms with E-state index in [0.29, 0.717) is 36.8 Å². The number of nitrogens with zero attached hydrogens (tertiary/aromatic N) is 2. The number of nitrogen functional groups attached to an aromatic ring is 1. The summed E-state index contributed by atoms with van der Waals surface area (Å²) in [4.78, 5) is 26.9. The highest BCUT2D eigenvalue weighted by molar-refractivity contribution is 5.94. The summed E-state index contributed by atoms with van der Waals surface area (Å²) in [7, 11) is 3.30. The molecule has 1 fully saturated rings. The minimum Gasteiger partial charge on any atom is -0.497 e. The molecule has 0 bridgehead atoms. The van der Waals surface area contributed by atoms with Crippen LogP contribution in [0, 0.1) is 0 Å². The topological polar surface area (TPSA) is 87.9 Å². The van der Waals surface area contributed by atoms with Crippen molar-refractivity contribution in [3.63, 3.8) is 0 Å². The number of ether oxygens (including phenoxy) is 1. The van der Waals surface area contributed by atoms with Crippen LogP contribution in [0.1, 0.15) is 6.42 Å². The van der Waals surface area contributed by atoms with Crippen molar-refractivity contribution in [1.82, 2.24) is 9.80 Å². The molecule has 3 amide bonds. The lowest BCUT2D eigenvalue weighted by Crippen LogP contribution is -2.32. The van der Waals surface area contributed by atoms with Crippen LogP contribution in [-0.4, -0.2) is 55.5 Å². The van der Waals surface area contributed by atoms with Crippen molar-refractivity contribution in [2.45, 2.75) is 6.42 Å². The highest BCUT2D eigenvalue weighted by Gasteiger charge is 2.25. The van der Waals surface area contributed by atoms with Gasteiger partial charge >= 0.3 is 6.03 Å². The number of carbonyl (C=O) groups excluding carboxylic acids is 2. The fourth-order valence-electron chi connectivity index (χ4n) is 2.14. The van der Waals surface area contributed by atoms with Crippen molar-refractivity contribution >= 4 is 23.3 Å². The van der Waals surface area contributed by atoms with Gasteiger partial charge in [0.1, 0.15) is 5.75 Å². The van der Waals surface area contributed by atoms with E-state index in [2.05, 4.69) is 5.32 Å². The molecule has 1 aliphatic heterocycles. The molecule has 1 heterocycles. The highest BCUT2D eigenvalue weighted by atomic mass is 16.5. The van der Waals surface area contributed by atoms with Crippen LogP contribution in [-0.2, 0) is 4.79 Å². The van der Waals surface area contributed by atoms with E-state index in [0.717, 1.165) is 0 Å². The number of nitrogens with one attached hydrogen (secondary N) is 1. The number of hydrogen-bond acceptors (Lipinski definition) is 4. The van der Waals surface area contributed by atoms with E-state index in [1.165, 1.54) is 0 Å². The van der Waals surface area contributed by atoms with Gasteiger partial charge in [-0.05, 0) is 12.1 Å². The minimum absolute atomic E-state index is 0.0354. The number of nitrogens with two attached hydrogens (primary N) is 1. The molecule has 1 saturated heterocycles. The van der Waals surface area contributed by atoms with Crippen LogP contribution in [0.4, 0.5) is 16.2 Å². The predicted molar refractivity (Wildman–Crippen MR) is 80.3 cm³/mol. The number of likely N-dealkylation sites (N-methyl/N-ethyl adjacent to an activating group) is 1. The fourth-order valence-corrected chi connectivity index (χ4v) is 2.14. The van der Waals surface area contributed by atoms with E-state index in [1.807, 2.05) is 0 Å². The largest absolute Gasteiger partial charge is 0.497 e. The number of methoxy groups -OCH3 is 1. The molecule has 2 rings (SSSR count). The molecule has 0 aliphatic carbocycles. The van der Waals surface area contributed by atoms with E-state index in [9.17, 15) is 9.59 Å². The number of anilines is 2. The van der Waals surface area contributed by atoms with Crippen molar-refractivity contribution in [1.29, 1.82) is 0 Å². The molecule has 1 aromatic rings. The third-order valence-corrected chi connectivity index (χ3v) is 3.44. The molecule has 21 heavy (non-hydrogen) atoms. The monoisotopic (exact) mass is 292 g/mol. The second-order valence-electron chi connectivity index (χ2n) is 4.94. The average Bonchev–Trinajstić information content (AvgIpc) is 2.79. The van der Waals surface area contributed by atoms with Crippen LogP contribution in [0.15, 0.2) is 18.2 Å². The Morgan fingerprint density at radius 2 is 2.19 bits per heavy atom. The Balaban J connectivity index is 1.86. The first-order chi connectivity index (χ1) is 10.0. The normalized spacial score (nSPS) is 14.5. The summed E-state index contributed by atoms with van der Waals surface area (Å²) in [6.07, 6.45) is 0.241. The molecule has 7 heteroatoms. The standard InChI is InChI=1S/C14H20N4O3/c1-17-7-8-18(14(17)20)6-5-13(19)16-12-4-3-10(21-2)9-11(12)15/h3-4,9H,5-8,15H2,1-2H3,(H,16,19). The quantitative estimate of drug-likeness (QED) is 0.792. The molecule has 114 valence electrons. The maximum Gasteiger partial charge on any atom is 0.319 e. The van der Waals surface area contributed by atoms with E-state index in [-0.39, 0.29) is 18.4 Å². The molecular weight excluding hydrogens is 272 g/mol. The van der Waals surface area contributed by atoms with Gasteiger partial charge in [-0.15, -0.1) is 0 Å². The first-order valence-corrected chi connectivity index (χ1v) is 6.74. The lowest BCUT2D eigenvalue weighted by atomic mass is 10.2. The summed E-state index contributed by atoms with van der Waals surface area (Å²) in [5.74, 6) is 0.463. The van der Waals surface area contributed by atoms with Crippen LogP contribution in [0.25, 0.3) is 0 Å². The van der Waals surface area contributed by atoms with Crippen molar-refractivity contribution in [2.75, 3.05) is 44.8 Å². The molecule has 1 aliphatic rings. The summed E-state index contributed by atoms with van der Waals surface area (Å²) in [6.45, 7) is 1.77. The van der Waals surface area contributed by atoms with E-state index in [4.69, 9.17) is 10.5 Å². The van der Waals surface area contributed by atoms with E-state index < -0.39 is 0 Å². The first-order valence-electron chi connectivity index (χ1n) is 6.74. The van der Waals surface area contributed by atoms with E-state index >= 15 is 0 Å². The van der Waals surface area contributed by atoms with Gasteiger partial charge in [0.15, 0.2) is 0 Å². The fraction of sp³-hybridized carbons (Fsp3) is 0.429. The number of hydrogen-bond donors (Lipinski definition) is 2. The van der Waals surface area contributed by atoms with Gasteiger partial charge < -0.3 is 25.6 Å². The molecule has 0 atom stereocenters. The number of urea groups is 1. The van der Waals surface area contributed by atoms with Crippen LogP contribution in [0.3, 0.4) is 0 Å². The molecule has 0 spiro atoms. The van der Waals surface area contributed by atoms with Crippen molar-refractivity contribution in [3.8, 4) is 5.75 Å². The molecule has 0 radical (unpaired) electrons. The van der Waals surface area contributed by atoms with Crippen molar-refractivity contribution in [2.24, 2.45) is 0 Å². The molecule has 0 saturated carbocycles. The van der Waals surface area contributed by atoms with Gasteiger partial charge in [0, 0.05) is 39.2 Å². The molecule has 0 unspecified atom stereocenters. The van der Waals surface area contributed by atoms with E-state index in [1.54, 1.807) is 42.2 Å². The summed E-state index contributed by atoms with van der Waals surface area (Å²) in [6, 6.07) is 5.03. The predicted octanol–water partition coefficient (Wildman–Crippen LogP) is 0.973. The lowest BCUT2D eigenvalue weighted by molar-refractivity contribution is -0.116.